The number of phosphoric acid groups is 1. The standard InChI is InChI=1S/C5H13O4P.C4H6O2.C3H6O2/c1-2-3-4-5-9-10(6,7)8;1-3(2)4(5)6;1-2-3(4)5/h2-5H2,1H3,(H2,6,7,8);1H2,2H3,(H,5,6);2H2,1H3,(H,4,5). The molecule has 0 spiro atoms. The minimum Gasteiger partial charge on any atom is -0.481 e. The Hall–Kier alpha value is -1.21. The summed E-state index contributed by atoms with van der Waals surface area (Å²) < 4.78 is 14.3. The fourth-order valence-corrected chi connectivity index (χ4v) is 0.902. The fourth-order valence-electron chi connectivity index (χ4n) is 0.536. The third kappa shape index (κ3) is 38.1. The molecule has 0 aromatic heterocycles. The van der Waals surface area contributed by atoms with Crippen molar-refractivity contribution in [3.05, 3.63) is 12.2 Å². The van der Waals surface area contributed by atoms with E-state index in [0.717, 1.165) is 12.8 Å². The average molecular weight is 328 g/mol. The van der Waals surface area contributed by atoms with Crippen molar-refractivity contribution in [3.8, 4) is 0 Å². The first-order valence-corrected chi connectivity index (χ1v) is 7.81. The fraction of sp³-hybridized carbons (Fsp3) is 0.667. The molecule has 0 unspecified atom stereocenters. The number of carbonyl (C=O) groups is 2. The van der Waals surface area contributed by atoms with Crippen LogP contribution in [0.2, 0.25) is 0 Å². The van der Waals surface area contributed by atoms with Crippen molar-refractivity contribution in [1.29, 1.82) is 0 Å². The lowest BCUT2D eigenvalue weighted by atomic mass is 10.3. The van der Waals surface area contributed by atoms with Crippen LogP contribution in [0.4, 0.5) is 0 Å². The van der Waals surface area contributed by atoms with Gasteiger partial charge in [0.1, 0.15) is 0 Å². The summed E-state index contributed by atoms with van der Waals surface area (Å²) in [7, 11) is -4.21. The smallest absolute Gasteiger partial charge is 0.469 e. The van der Waals surface area contributed by atoms with Crippen molar-refractivity contribution in [2.45, 2.75) is 46.5 Å². The van der Waals surface area contributed by atoms with Gasteiger partial charge in [-0.25, -0.2) is 9.36 Å². The predicted octanol–water partition coefficient (Wildman–Crippen LogP) is 2.41. The molecule has 0 heterocycles. The summed E-state index contributed by atoms with van der Waals surface area (Å²) in [6, 6.07) is 0. The Morgan fingerprint density at radius 1 is 1.14 bits per heavy atom. The zero-order chi connectivity index (χ0) is 17.5. The molecule has 21 heavy (non-hydrogen) atoms. The number of carboxylic acids is 2. The number of hydrogen-bond acceptors (Lipinski definition) is 4. The summed E-state index contributed by atoms with van der Waals surface area (Å²) in [6.45, 7) is 8.36. The van der Waals surface area contributed by atoms with Gasteiger partial charge in [-0.05, 0) is 13.3 Å². The van der Waals surface area contributed by atoms with Gasteiger partial charge in [-0.1, -0.05) is 33.3 Å². The summed E-state index contributed by atoms with van der Waals surface area (Å²) >= 11 is 0. The SMILES string of the molecule is C=C(C)C(=O)O.CCC(=O)O.CCCCCOP(=O)(O)O. The van der Waals surface area contributed by atoms with E-state index in [1.165, 1.54) is 6.92 Å². The molecular weight excluding hydrogens is 303 g/mol. The quantitative estimate of drug-likeness (QED) is 0.317. The Balaban J connectivity index is -0.000000252. The van der Waals surface area contributed by atoms with Crippen LogP contribution >= 0.6 is 7.82 Å². The minimum absolute atomic E-state index is 0.151. The van der Waals surface area contributed by atoms with Crippen molar-refractivity contribution in [1.82, 2.24) is 0 Å². The highest BCUT2D eigenvalue weighted by Gasteiger charge is 2.11. The van der Waals surface area contributed by atoms with Crippen LogP contribution in [0.1, 0.15) is 46.5 Å². The molecule has 0 aliphatic carbocycles. The normalized spacial score (nSPS) is 9.57. The molecule has 9 heteroatoms. The van der Waals surface area contributed by atoms with Gasteiger partial charge in [0.05, 0.1) is 6.61 Å². The minimum atomic E-state index is -4.21. The van der Waals surface area contributed by atoms with Gasteiger partial charge in [-0.15, -0.1) is 0 Å². The highest BCUT2D eigenvalue weighted by molar-refractivity contribution is 7.46. The van der Waals surface area contributed by atoms with Crippen LogP contribution < -0.4 is 0 Å². The van der Waals surface area contributed by atoms with Gasteiger partial charge in [0.2, 0.25) is 0 Å². The molecular formula is C12H25O8P. The first-order valence-electron chi connectivity index (χ1n) is 6.28. The summed E-state index contributed by atoms with van der Waals surface area (Å²) in [4.78, 5) is 35.4. The van der Waals surface area contributed by atoms with Gasteiger partial charge in [-0.3, -0.25) is 9.32 Å². The lowest BCUT2D eigenvalue weighted by molar-refractivity contribution is -0.136. The Kier molecular flexibility index (Phi) is 17.9. The molecule has 4 N–H and O–H groups in total. The second-order valence-corrected chi connectivity index (χ2v) is 5.10. The van der Waals surface area contributed by atoms with Crippen LogP contribution in [0, 0.1) is 0 Å². The van der Waals surface area contributed by atoms with Gasteiger partial charge in [0.25, 0.3) is 0 Å². The molecule has 0 fully saturated rings. The molecule has 0 saturated carbocycles. The van der Waals surface area contributed by atoms with E-state index in [0.29, 0.717) is 6.42 Å². The lowest BCUT2D eigenvalue weighted by Crippen LogP contribution is -1.92. The van der Waals surface area contributed by atoms with Crippen molar-refractivity contribution >= 4 is 19.8 Å². The van der Waals surface area contributed by atoms with Crippen molar-refractivity contribution in [2.24, 2.45) is 0 Å². The zero-order valence-electron chi connectivity index (χ0n) is 12.6. The molecule has 0 rings (SSSR count). The predicted molar refractivity (Wildman–Crippen MR) is 77.9 cm³/mol. The highest BCUT2D eigenvalue weighted by atomic mass is 31.2. The van der Waals surface area contributed by atoms with Crippen molar-refractivity contribution in [3.63, 3.8) is 0 Å². The molecule has 8 nitrogen and oxygen atoms in total. The molecule has 0 atom stereocenters. The Bertz CT molecular complexity index is 335. The summed E-state index contributed by atoms with van der Waals surface area (Å²) in [5.74, 6) is -1.68. The Morgan fingerprint density at radius 3 is 1.71 bits per heavy atom. The molecule has 0 aromatic rings. The van der Waals surface area contributed by atoms with E-state index in [1.807, 2.05) is 6.92 Å². The maximum absolute atomic E-state index is 10.1. The molecule has 0 bridgehead atoms. The lowest BCUT2D eigenvalue weighted by Gasteiger charge is -2.02. The number of phosphoric ester groups is 1. The van der Waals surface area contributed by atoms with Gasteiger partial charge in [-0.2, -0.15) is 0 Å². The summed E-state index contributed by atoms with van der Waals surface area (Å²) in [6.07, 6.45) is 2.89. The molecule has 0 aliphatic rings. The van der Waals surface area contributed by atoms with Crippen LogP contribution in [0.25, 0.3) is 0 Å². The largest absolute Gasteiger partial charge is 0.481 e. The summed E-state index contributed by atoms with van der Waals surface area (Å²) in [5, 5.41) is 15.6. The van der Waals surface area contributed by atoms with Crippen LogP contribution in [0.5, 0.6) is 0 Å². The monoisotopic (exact) mass is 328 g/mol. The molecule has 0 aromatic carbocycles. The number of rotatable bonds is 7. The van der Waals surface area contributed by atoms with E-state index in [-0.39, 0.29) is 18.6 Å². The average Bonchev–Trinajstić information content (AvgIpc) is 2.35. The number of hydrogen-bond donors (Lipinski definition) is 4. The van der Waals surface area contributed by atoms with E-state index >= 15 is 0 Å². The van der Waals surface area contributed by atoms with E-state index < -0.39 is 19.8 Å². The third-order valence-electron chi connectivity index (χ3n) is 1.67. The highest BCUT2D eigenvalue weighted by Crippen LogP contribution is 2.35. The molecule has 0 amide bonds. The maximum Gasteiger partial charge on any atom is 0.469 e. The Morgan fingerprint density at radius 2 is 1.52 bits per heavy atom. The van der Waals surface area contributed by atoms with Crippen LogP contribution in [-0.4, -0.2) is 38.5 Å². The first-order chi connectivity index (χ1) is 9.47. The summed E-state index contributed by atoms with van der Waals surface area (Å²) in [5.41, 5.74) is 0.176. The van der Waals surface area contributed by atoms with E-state index in [4.69, 9.17) is 20.0 Å². The Labute approximate surface area is 124 Å². The van der Waals surface area contributed by atoms with E-state index in [2.05, 4.69) is 11.1 Å². The molecule has 0 radical (unpaired) electrons. The first kappa shape index (κ1) is 24.8. The van der Waals surface area contributed by atoms with Crippen molar-refractivity contribution < 1.29 is 38.7 Å². The van der Waals surface area contributed by atoms with Gasteiger partial charge >= 0.3 is 19.8 Å². The van der Waals surface area contributed by atoms with Crippen LogP contribution in [0.3, 0.4) is 0 Å². The van der Waals surface area contributed by atoms with E-state index in [1.54, 1.807) is 6.92 Å². The second-order valence-electron chi connectivity index (χ2n) is 3.86. The van der Waals surface area contributed by atoms with Gasteiger partial charge in [0.15, 0.2) is 0 Å². The third-order valence-corrected chi connectivity index (χ3v) is 2.19. The molecule has 126 valence electrons. The van der Waals surface area contributed by atoms with Crippen molar-refractivity contribution in [2.75, 3.05) is 6.61 Å². The zero-order valence-corrected chi connectivity index (χ0v) is 13.5. The number of carboxylic acid groups (broad SMARTS) is 2. The van der Waals surface area contributed by atoms with Crippen LogP contribution in [-0.2, 0) is 18.7 Å². The van der Waals surface area contributed by atoms with Gasteiger partial charge < -0.3 is 20.0 Å². The maximum atomic E-state index is 10.1. The van der Waals surface area contributed by atoms with Crippen LogP contribution in [0.15, 0.2) is 12.2 Å². The molecule has 0 saturated heterocycles. The number of unbranched alkanes of at least 4 members (excludes halogenated alkanes) is 2. The number of aliphatic carboxylic acids is 2. The van der Waals surface area contributed by atoms with Gasteiger partial charge in [0, 0.05) is 12.0 Å². The second kappa shape index (κ2) is 15.2. The topological polar surface area (TPSA) is 141 Å². The van der Waals surface area contributed by atoms with E-state index in [9.17, 15) is 14.2 Å². The molecule has 0 aliphatic heterocycles.